The first kappa shape index (κ1) is 19.9. The highest BCUT2D eigenvalue weighted by Gasteiger charge is 2.28. The number of fused-ring (bicyclic) bond motifs is 3. The molecule has 2 fully saturated rings. The summed E-state index contributed by atoms with van der Waals surface area (Å²) < 4.78 is 11.9. The van der Waals surface area contributed by atoms with E-state index in [-0.39, 0.29) is 0 Å². The molecule has 5 rings (SSSR count). The lowest BCUT2D eigenvalue weighted by Gasteiger charge is -2.30. The van der Waals surface area contributed by atoms with Crippen LogP contribution in [0.25, 0.3) is 11.1 Å². The summed E-state index contributed by atoms with van der Waals surface area (Å²) in [7, 11) is 0. The molecular formula is C25H32N2O3. The average Bonchev–Trinajstić information content (AvgIpc) is 2.96. The maximum absolute atomic E-state index is 10.8. The molecule has 2 aromatic carbocycles. The molecule has 1 atom stereocenters. The standard InChI is InChI=1S/C25H32N2O3/c28-25-22-8-6-19(29-15-3-13-26-9-1-10-26)17-23(22)21-7-5-20(18-24(21)25)30-16-4-14-27-11-2-12-27/h5-8,17-18,25,28H,1-4,9-16H2. The first-order chi connectivity index (χ1) is 14.8. The van der Waals surface area contributed by atoms with E-state index in [1.807, 2.05) is 24.3 Å². The Bertz CT molecular complexity index is 877. The summed E-state index contributed by atoms with van der Waals surface area (Å²) >= 11 is 0. The van der Waals surface area contributed by atoms with Crippen molar-refractivity contribution in [2.75, 3.05) is 52.5 Å². The third-order valence-corrected chi connectivity index (χ3v) is 6.60. The van der Waals surface area contributed by atoms with Crippen LogP contribution in [0.3, 0.4) is 0 Å². The molecule has 0 spiro atoms. The number of hydrogen-bond acceptors (Lipinski definition) is 5. The summed E-state index contributed by atoms with van der Waals surface area (Å²) in [5.74, 6) is 1.72. The van der Waals surface area contributed by atoms with E-state index in [9.17, 15) is 5.11 Å². The topological polar surface area (TPSA) is 45.2 Å². The number of hydrogen-bond donors (Lipinski definition) is 1. The minimum Gasteiger partial charge on any atom is -0.494 e. The van der Waals surface area contributed by atoms with Gasteiger partial charge in [-0.25, -0.2) is 0 Å². The van der Waals surface area contributed by atoms with Crippen LogP contribution in [0.2, 0.25) is 0 Å². The largest absolute Gasteiger partial charge is 0.494 e. The van der Waals surface area contributed by atoms with Gasteiger partial charge in [0.1, 0.15) is 17.6 Å². The van der Waals surface area contributed by atoms with Crippen LogP contribution in [0, 0.1) is 0 Å². The molecule has 2 heterocycles. The van der Waals surface area contributed by atoms with E-state index in [1.165, 1.54) is 39.0 Å². The highest BCUT2D eigenvalue weighted by molar-refractivity contribution is 5.79. The third-order valence-electron chi connectivity index (χ3n) is 6.60. The zero-order valence-corrected chi connectivity index (χ0v) is 17.7. The highest BCUT2D eigenvalue weighted by Crippen LogP contribution is 2.46. The molecule has 5 nitrogen and oxygen atoms in total. The second kappa shape index (κ2) is 8.96. The van der Waals surface area contributed by atoms with Crippen LogP contribution < -0.4 is 9.47 Å². The number of aliphatic hydroxyl groups excluding tert-OH is 1. The second-order valence-electron chi connectivity index (χ2n) is 8.70. The summed E-state index contributed by atoms with van der Waals surface area (Å²) in [5, 5.41) is 10.8. The van der Waals surface area contributed by atoms with Crippen molar-refractivity contribution in [1.82, 2.24) is 9.80 Å². The predicted octanol–water partition coefficient (Wildman–Crippen LogP) is 3.70. The number of aliphatic hydroxyl groups is 1. The summed E-state index contributed by atoms with van der Waals surface area (Å²) in [6.45, 7) is 8.60. The average molecular weight is 409 g/mol. The van der Waals surface area contributed by atoms with Crippen molar-refractivity contribution in [2.45, 2.75) is 31.8 Å². The number of rotatable bonds is 10. The lowest BCUT2D eigenvalue weighted by atomic mass is 10.1. The Morgan fingerprint density at radius 3 is 1.93 bits per heavy atom. The summed E-state index contributed by atoms with van der Waals surface area (Å²) in [5.41, 5.74) is 4.03. The molecule has 2 aliphatic heterocycles. The SMILES string of the molecule is OC1c2ccc(OCCCN3CCC3)cc2-c2ccc(OCCCN3CCC3)cc21. The van der Waals surface area contributed by atoms with Gasteiger partial charge in [0.25, 0.3) is 0 Å². The molecule has 3 aliphatic rings. The quantitative estimate of drug-likeness (QED) is 0.608. The van der Waals surface area contributed by atoms with Gasteiger partial charge in [-0.2, -0.15) is 0 Å². The van der Waals surface area contributed by atoms with Crippen molar-refractivity contribution < 1.29 is 14.6 Å². The van der Waals surface area contributed by atoms with Gasteiger partial charge in [0.05, 0.1) is 13.2 Å². The molecule has 1 aliphatic carbocycles. The van der Waals surface area contributed by atoms with Crippen LogP contribution >= 0.6 is 0 Å². The Morgan fingerprint density at radius 1 is 0.733 bits per heavy atom. The zero-order chi connectivity index (χ0) is 20.3. The Labute approximate surface area is 179 Å². The Kier molecular flexibility index (Phi) is 5.93. The van der Waals surface area contributed by atoms with Gasteiger partial charge in [0.2, 0.25) is 0 Å². The van der Waals surface area contributed by atoms with E-state index in [1.54, 1.807) is 0 Å². The number of benzene rings is 2. The van der Waals surface area contributed by atoms with Crippen LogP contribution in [0.1, 0.15) is 42.9 Å². The van der Waals surface area contributed by atoms with E-state index < -0.39 is 6.10 Å². The summed E-state index contributed by atoms with van der Waals surface area (Å²) in [6, 6.07) is 12.1. The van der Waals surface area contributed by atoms with Crippen molar-refractivity contribution >= 4 is 0 Å². The highest BCUT2D eigenvalue weighted by atomic mass is 16.5. The fourth-order valence-electron chi connectivity index (χ4n) is 4.53. The Morgan fingerprint density at radius 2 is 1.33 bits per heavy atom. The van der Waals surface area contributed by atoms with Crippen LogP contribution in [0.15, 0.2) is 36.4 Å². The molecular weight excluding hydrogens is 376 g/mol. The van der Waals surface area contributed by atoms with E-state index in [2.05, 4.69) is 21.9 Å². The normalized spacial score (nSPS) is 20.2. The number of nitrogens with zero attached hydrogens (tertiary/aromatic N) is 2. The van der Waals surface area contributed by atoms with Gasteiger partial charge in [-0.1, -0.05) is 12.1 Å². The molecule has 30 heavy (non-hydrogen) atoms. The fourth-order valence-corrected chi connectivity index (χ4v) is 4.53. The molecule has 0 saturated carbocycles. The zero-order valence-electron chi connectivity index (χ0n) is 17.7. The predicted molar refractivity (Wildman–Crippen MR) is 118 cm³/mol. The molecule has 1 N–H and O–H groups in total. The van der Waals surface area contributed by atoms with Gasteiger partial charge in [-0.15, -0.1) is 0 Å². The van der Waals surface area contributed by atoms with E-state index in [0.29, 0.717) is 6.61 Å². The lowest BCUT2D eigenvalue weighted by Crippen LogP contribution is -2.38. The fraction of sp³-hybridized carbons (Fsp3) is 0.520. The smallest absolute Gasteiger partial charge is 0.119 e. The second-order valence-corrected chi connectivity index (χ2v) is 8.70. The minimum atomic E-state index is -0.597. The molecule has 0 amide bonds. The van der Waals surface area contributed by atoms with Crippen molar-refractivity contribution in [3.8, 4) is 22.6 Å². The maximum Gasteiger partial charge on any atom is 0.119 e. The summed E-state index contributed by atoms with van der Waals surface area (Å²) in [6.07, 6.45) is 4.15. The van der Waals surface area contributed by atoms with Crippen molar-refractivity contribution in [1.29, 1.82) is 0 Å². The lowest BCUT2D eigenvalue weighted by molar-refractivity contribution is 0.165. The molecule has 0 aromatic heterocycles. The van der Waals surface area contributed by atoms with Gasteiger partial charge >= 0.3 is 0 Å². The first-order valence-corrected chi connectivity index (χ1v) is 11.4. The van der Waals surface area contributed by atoms with Crippen LogP contribution in [-0.2, 0) is 0 Å². The van der Waals surface area contributed by atoms with Gasteiger partial charge in [-0.3, -0.25) is 0 Å². The van der Waals surface area contributed by atoms with Crippen molar-refractivity contribution in [3.63, 3.8) is 0 Å². The van der Waals surface area contributed by atoms with Crippen LogP contribution in [0.4, 0.5) is 0 Å². The monoisotopic (exact) mass is 408 g/mol. The van der Waals surface area contributed by atoms with Gasteiger partial charge < -0.3 is 24.4 Å². The molecule has 2 saturated heterocycles. The molecule has 2 aromatic rings. The molecule has 5 heteroatoms. The number of ether oxygens (including phenoxy) is 2. The van der Waals surface area contributed by atoms with E-state index in [0.717, 1.165) is 66.3 Å². The molecule has 1 unspecified atom stereocenters. The van der Waals surface area contributed by atoms with Crippen molar-refractivity contribution in [2.24, 2.45) is 0 Å². The molecule has 160 valence electrons. The Balaban J connectivity index is 1.19. The maximum atomic E-state index is 10.8. The number of likely N-dealkylation sites (tertiary alicyclic amines) is 2. The Hall–Kier alpha value is -2.08. The van der Waals surface area contributed by atoms with Gasteiger partial charge in [0.15, 0.2) is 0 Å². The first-order valence-electron chi connectivity index (χ1n) is 11.4. The van der Waals surface area contributed by atoms with Crippen LogP contribution in [-0.4, -0.2) is 67.4 Å². The molecule has 0 radical (unpaired) electrons. The van der Waals surface area contributed by atoms with E-state index >= 15 is 0 Å². The molecule has 0 bridgehead atoms. The minimum absolute atomic E-state index is 0.597. The van der Waals surface area contributed by atoms with Gasteiger partial charge in [-0.05, 0) is 98.4 Å². The van der Waals surface area contributed by atoms with E-state index in [4.69, 9.17) is 9.47 Å². The third kappa shape index (κ3) is 4.20. The van der Waals surface area contributed by atoms with Crippen molar-refractivity contribution in [3.05, 3.63) is 47.5 Å². The van der Waals surface area contributed by atoms with Gasteiger partial charge in [0, 0.05) is 13.1 Å². The van der Waals surface area contributed by atoms with Crippen LogP contribution in [0.5, 0.6) is 11.5 Å². The summed E-state index contributed by atoms with van der Waals surface area (Å²) in [4.78, 5) is 4.92.